The lowest BCUT2D eigenvalue weighted by Crippen LogP contribution is -2.37. The number of amides is 1. The lowest BCUT2D eigenvalue weighted by Gasteiger charge is -2.28. The SMILES string of the molecule is CCOc1cccc(-c2nc3ncc(CS(=O)(=O)C[C@@H]4CCN(C)C(=O)C4)nc3n2-c2c(OC)cccc2OC)n1. The summed E-state index contributed by atoms with van der Waals surface area (Å²) in [6.45, 7) is 2.86. The highest BCUT2D eigenvalue weighted by Gasteiger charge is 2.29. The first kappa shape index (κ1) is 28.3. The number of hydrogen-bond acceptors (Lipinski definition) is 10. The van der Waals surface area contributed by atoms with Gasteiger partial charge in [-0.15, -0.1) is 0 Å². The summed E-state index contributed by atoms with van der Waals surface area (Å²) in [5, 5.41) is 0. The van der Waals surface area contributed by atoms with E-state index in [2.05, 4.69) is 9.97 Å². The van der Waals surface area contributed by atoms with Gasteiger partial charge in [-0.1, -0.05) is 12.1 Å². The minimum absolute atomic E-state index is 0.0399. The molecule has 1 fully saturated rings. The number of ether oxygens (including phenoxy) is 3. The number of hydrogen-bond donors (Lipinski definition) is 0. The molecule has 4 heterocycles. The Balaban J connectivity index is 1.61. The molecule has 12 nitrogen and oxygen atoms in total. The number of para-hydroxylation sites is 1. The molecule has 3 aromatic heterocycles. The van der Waals surface area contributed by atoms with Crippen LogP contribution >= 0.6 is 0 Å². The molecular formula is C28H32N6O6S. The van der Waals surface area contributed by atoms with Crippen molar-refractivity contribution in [1.29, 1.82) is 0 Å². The van der Waals surface area contributed by atoms with Crippen LogP contribution in [0, 0.1) is 5.92 Å². The zero-order chi connectivity index (χ0) is 29.1. The number of imidazole rings is 1. The Morgan fingerprint density at radius 1 is 1.02 bits per heavy atom. The van der Waals surface area contributed by atoms with Crippen LogP contribution in [0.1, 0.15) is 25.5 Å². The van der Waals surface area contributed by atoms with Crippen molar-refractivity contribution in [3.8, 4) is 34.6 Å². The van der Waals surface area contributed by atoms with Crippen molar-refractivity contribution >= 4 is 27.0 Å². The fourth-order valence-electron chi connectivity index (χ4n) is 4.95. The van der Waals surface area contributed by atoms with E-state index in [4.69, 9.17) is 24.2 Å². The number of fused-ring (bicyclic) bond motifs is 1. The molecule has 0 unspecified atom stereocenters. The van der Waals surface area contributed by atoms with Gasteiger partial charge in [0.2, 0.25) is 11.8 Å². The van der Waals surface area contributed by atoms with Gasteiger partial charge in [-0.05, 0) is 37.5 Å². The van der Waals surface area contributed by atoms with E-state index in [1.165, 1.54) is 6.20 Å². The van der Waals surface area contributed by atoms with Gasteiger partial charge in [0.25, 0.3) is 0 Å². The monoisotopic (exact) mass is 580 g/mol. The van der Waals surface area contributed by atoms with Crippen molar-refractivity contribution in [2.45, 2.75) is 25.5 Å². The molecule has 1 atom stereocenters. The van der Waals surface area contributed by atoms with Crippen LogP contribution in [0.3, 0.4) is 0 Å². The van der Waals surface area contributed by atoms with Crippen LogP contribution < -0.4 is 14.2 Å². The van der Waals surface area contributed by atoms with Crippen molar-refractivity contribution in [3.63, 3.8) is 0 Å². The highest BCUT2D eigenvalue weighted by atomic mass is 32.2. The van der Waals surface area contributed by atoms with Crippen LogP contribution in [0.25, 0.3) is 28.5 Å². The van der Waals surface area contributed by atoms with Gasteiger partial charge >= 0.3 is 0 Å². The van der Waals surface area contributed by atoms with Crippen LogP contribution in [0.2, 0.25) is 0 Å². The summed E-state index contributed by atoms with van der Waals surface area (Å²) in [6.07, 6.45) is 2.28. The quantitative estimate of drug-likeness (QED) is 0.275. The Labute approximate surface area is 238 Å². The van der Waals surface area contributed by atoms with Crippen LogP contribution in [-0.4, -0.2) is 83.9 Å². The number of piperidine rings is 1. The molecule has 1 aliphatic rings. The Morgan fingerprint density at radius 2 is 1.76 bits per heavy atom. The van der Waals surface area contributed by atoms with Crippen LogP contribution in [0.4, 0.5) is 0 Å². The van der Waals surface area contributed by atoms with Crippen molar-refractivity contribution in [1.82, 2.24) is 29.4 Å². The maximum atomic E-state index is 13.2. The Morgan fingerprint density at radius 3 is 2.44 bits per heavy atom. The number of likely N-dealkylation sites (tertiary alicyclic amines) is 1. The van der Waals surface area contributed by atoms with Crippen molar-refractivity contribution in [3.05, 3.63) is 48.3 Å². The van der Waals surface area contributed by atoms with Crippen LogP contribution in [0.15, 0.2) is 42.6 Å². The van der Waals surface area contributed by atoms with Gasteiger partial charge in [0.05, 0.1) is 44.2 Å². The highest BCUT2D eigenvalue weighted by molar-refractivity contribution is 7.90. The Kier molecular flexibility index (Phi) is 8.06. The van der Waals surface area contributed by atoms with Gasteiger partial charge in [0.15, 0.2) is 27.0 Å². The lowest BCUT2D eigenvalue weighted by atomic mass is 9.99. The maximum absolute atomic E-state index is 13.2. The number of carbonyl (C=O) groups is 1. The Hall–Kier alpha value is -4.26. The first-order valence-corrected chi connectivity index (χ1v) is 15.1. The maximum Gasteiger partial charge on any atom is 0.222 e. The third kappa shape index (κ3) is 5.94. The van der Waals surface area contributed by atoms with E-state index >= 15 is 0 Å². The summed E-state index contributed by atoms with van der Waals surface area (Å²) in [5.74, 6) is 1.12. The minimum atomic E-state index is -3.59. The zero-order valence-corrected chi connectivity index (χ0v) is 24.2. The third-order valence-electron chi connectivity index (χ3n) is 6.91. The van der Waals surface area contributed by atoms with E-state index in [0.29, 0.717) is 65.5 Å². The number of sulfone groups is 1. The van der Waals surface area contributed by atoms with E-state index in [9.17, 15) is 13.2 Å². The lowest BCUT2D eigenvalue weighted by molar-refractivity contribution is -0.133. The van der Waals surface area contributed by atoms with Crippen molar-refractivity contribution < 1.29 is 27.4 Å². The minimum Gasteiger partial charge on any atom is -0.494 e. The molecule has 5 rings (SSSR count). The van der Waals surface area contributed by atoms with Crippen molar-refractivity contribution in [2.75, 3.05) is 40.2 Å². The van der Waals surface area contributed by atoms with Gasteiger partial charge in [-0.2, -0.15) is 0 Å². The molecule has 41 heavy (non-hydrogen) atoms. The third-order valence-corrected chi connectivity index (χ3v) is 8.63. The molecular weight excluding hydrogens is 548 g/mol. The molecule has 1 aliphatic heterocycles. The van der Waals surface area contributed by atoms with Gasteiger partial charge < -0.3 is 19.1 Å². The van der Waals surface area contributed by atoms with Crippen molar-refractivity contribution in [2.24, 2.45) is 5.92 Å². The molecule has 4 aromatic rings. The van der Waals surface area contributed by atoms with Gasteiger partial charge in [-0.3, -0.25) is 9.36 Å². The van der Waals surface area contributed by atoms with E-state index in [-0.39, 0.29) is 35.4 Å². The summed E-state index contributed by atoms with van der Waals surface area (Å²) < 4.78 is 45.1. The number of aromatic nitrogens is 5. The molecule has 1 aromatic carbocycles. The molecule has 0 radical (unpaired) electrons. The average Bonchev–Trinajstić information content (AvgIpc) is 3.33. The first-order valence-electron chi connectivity index (χ1n) is 13.2. The van der Waals surface area contributed by atoms with E-state index in [1.54, 1.807) is 61.1 Å². The molecule has 0 saturated carbocycles. The standard InChI is InChI=1S/C28H32N6O6S/c1-5-40-23-11-6-8-20(31-23)27-32-26-28(34(27)25-21(38-3)9-7-10-22(25)39-4)30-19(15-29-26)17-41(36,37)16-18-12-13-33(2)24(35)14-18/h6-11,15,18H,5,12-14,16-17H2,1-4H3/t18-/m1/s1. The van der Waals surface area contributed by atoms with Crippen LogP contribution in [-0.2, 0) is 20.4 Å². The van der Waals surface area contributed by atoms with E-state index in [1.807, 2.05) is 13.0 Å². The predicted molar refractivity (Wildman–Crippen MR) is 152 cm³/mol. The van der Waals surface area contributed by atoms with Gasteiger partial charge in [-0.25, -0.2) is 28.4 Å². The molecule has 0 bridgehead atoms. The number of benzene rings is 1. The smallest absolute Gasteiger partial charge is 0.222 e. The molecule has 1 saturated heterocycles. The second-order valence-electron chi connectivity index (χ2n) is 9.81. The summed E-state index contributed by atoms with van der Waals surface area (Å²) in [4.78, 5) is 32.3. The number of nitrogens with zero attached hydrogens (tertiary/aromatic N) is 6. The molecule has 216 valence electrons. The molecule has 0 N–H and O–H groups in total. The normalized spacial score (nSPS) is 15.8. The second kappa shape index (κ2) is 11.7. The first-order chi connectivity index (χ1) is 19.7. The fraction of sp³-hybridized carbons (Fsp3) is 0.393. The largest absolute Gasteiger partial charge is 0.494 e. The average molecular weight is 581 g/mol. The molecule has 13 heteroatoms. The highest BCUT2D eigenvalue weighted by Crippen LogP contribution is 2.38. The predicted octanol–water partition coefficient (Wildman–Crippen LogP) is 3.08. The molecule has 0 spiro atoms. The van der Waals surface area contributed by atoms with Crippen LogP contribution in [0.5, 0.6) is 17.4 Å². The van der Waals surface area contributed by atoms with Gasteiger partial charge in [0, 0.05) is 26.1 Å². The second-order valence-corrected chi connectivity index (χ2v) is 11.9. The number of pyridine rings is 1. The zero-order valence-electron chi connectivity index (χ0n) is 23.4. The topological polar surface area (TPSA) is 139 Å². The number of rotatable bonds is 10. The number of carbonyl (C=O) groups excluding carboxylic acids is 1. The summed E-state index contributed by atoms with van der Waals surface area (Å²) in [5.41, 5.74) is 1.86. The summed E-state index contributed by atoms with van der Waals surface area (Å²) in [6, 6.07) is 10.7. The number of methoxy groups -OCH3 is 2. The summed E-state index contributed by atoms with van der Waals surface area (Å²) in [7, 11) is 1.23. The Bertz CT molecular complexity index is 1670. The van der Waals surface area contributed by atoms with Gasteiger partial charge in [0.1, 0.15) is 22.9 Å². The summed E-state index contributed by atoms with van der Waals surface area (Å²) >= 11 is 0. The molecule has 1 amide bonds. The molecule has 0 aliphatic carbocycles. The van der Waals surface area contributed by atoms with E-state index < -0.39 is 9.84 Å². The fourth-order valence-corrected chi connectivity index (χ4v) is 6.66. The van der Waals surface area contributed by atoms with E-state index in [0.717, 1.165) is 0 Å².